The number of ether oxygens (including phenoxy) is 1. The Labute approximate surface area is 227 Å². The molecule has 5 rings (SSSR count). The van der Waals surface area contributed by atoms with Crippen LogP contribution < -0.4 is 14.8 Å². The number of carbonyl (C=O) groups excluding carboxylic acids is 2. The fourth-order valence-corrected chi connectivity index (χ4v) is 5.98. The number of benzene rings is 3. The van der Waals surface area contributed by atoms with Gasteiger partial charge in [0, 0.05) is 23.2 Å². The van der Waals surface area contributed by atoms with Crippen molar-refractivity contribution in [3.63, 3.8) is 0 Å². The number of nitrogens with zero attached hydrogens (tertiary/aromatic N) is 2. The minimum Gasteiger partial charge on any atom is -0.496 e. The fraction of sp³-hybridized carbons (Fsp3) is 0.276. The number of nitrogens with one attached hydrogen (secondary N) is 2. The van der Waals surface area contributed by atoms with Crippen molar-refractivity contribution in [2.45, 2.75) is 43.5 Å². The highest BCUT2D eigenvalue weighted by atomic mass is 32.2. The second-order valence-electron chi connectivity index (χ2n) is 9.75. The molecule has 9 nitrogen and oxygen atoms in total. The van der Waals surface area contributed by atoms with E-state index in [9.17, 15) is 18.0 Å². The summed E-state index contributed by atoms with van der Waals surface area (Å²) >= 11 is 0. The van der Waals surface area contributed by atoms with Crippen LogP contribution >= 0.6 is 0 Å². The van der Waals surface area contributed by atoms with Gasteiger partial charge < -0.3 is 14.6 Å². The number of aromatic nitrogens is 2. The van der Waals surface area contributed by atoms with E-state index in [1.807, 2.05) is 22.8 Å². The zero-order valence-corrected chi connectivity index (χ0v) is 22.4. The standard InChI is InChI=1S/C29H30N4O5S/c1-38-27-16-21(29(35)32-39(36,37)24-9-3-2-4-10-24)11-12-22(27)18-33-19-30-25-14-13-23(17-26(25)33)31-28(34)15-20-7-5-6-8-20/h2-4,9-14,16-17,19-20H,5-8,15,18H2,1H3,(H,31,34)(H,32,35). The third kappa shape index (κ3) is 6.12. The fourth-order valence-electron chi connectivity index (χ4n) is 4.99. The van der Waals surface area contributed by atoms with Crippen molar-refractivity contribution >= 4 is 38.6 Å². The summed E-state index contributed by atoms with van der Waals surface area (Å²) in [6.45, 7) is 0.392. The van der Waals surface area contributed by atoms with Gasteiger partial charge in [-0.25, -0.2) is 18.1 Å². The van der Waals surface area contributed by atoms with Crippen molar-refractivity contribution < 1.29 is 22.7 Å². The van der Waals surface area contributed by atoms with Crippen molar-refractivity contribution in [3.05, 3.63) is 84.2 Å². The van der Waals surface area contributed by atoms with Crippen LogP contribution in [0.5, 0.6) is 5.75 Å². The van der Waals surface area contributed by atoms with E-state index in [-0.39, 0.29) is 16.4 Å². The maximum Gasteiger partial charge on any atom is 0.265 e. The van der Waals surface area contributed by atoms with Gasteiger partial charge in [-0.15, -0.1) is 0 Å². The maximum absolute atomic E-state index is 12.7. The number of rotatable bonds is 9. The molecular formula is C29H30N4O5S. The van der Waals surface area contributed by atoms with Crippen molar-refractivity contribution in [1.82, 2.24) is 14.3 Å². The summed E-state index contributed by atoms with van der Waals surface area (Å²) < 4.78 is 34.7. The quantitative estimate of drug-likeness (QED) is 0.313. The van der Waals surface area contributed by atoms with E-state index in [0.717, 1.165) is 29.4 Å². The number of methoxy groups -OCH3 is 1. The van der Waals surface area contributed by atoms with Gasteiger partial charge in [0.05, 0.1) is 35.9 Å². The second kappa shape index (κ2) is 11.3. The van der Waals surface area contributed by atoms with E-state index in [1.54, 1.807) is 36.7 Å². The molecule has 2 N–H and O–H groups in total. The van der Waals surface area contributed by atoms with Gasteiger partial charge in [0.2, 0.25) is 5.91 Å². The average molecular weight is 547 g/mol. The highest BCUT2D eigenvalue weighted by Crippen LogP contribution is 2.28. The Balaban J connectivity index is 1.32. The largest absolute Gasteiger partial charge is 0.496 e. The predicted octanol–water partition coefficient (Wildman–Crippen LogP) is 4.73. The molecule has 0 saturated heterocycles. The lowest BCUT2D eigenvalue weighted by atomic mass is 10.0. The molecule has 1 aliphatic carbocycles. The molecule has 1 aromatic heterocycles. The smallest absolute Gasteiger partial charge is 0.265 e. The minimum absolute atomic E-state index is 0.00279. The first-order valence-electron chi connectivity index (χ1n) is 12.9. The normalized spacial score (nSPS) is 13.9. The number of carbonyl (C=O) groups is 2. The summed E-state index contributed by atoms with van der Waals surface area (Å²) in [7, 11) is -2.51. The van der Waals surface area contributed by atoms with Gasteiger partial charge in [0.1, 0.15) is 5.75 Å². The lowest BCUT2D eigenvalue weighted by Crippen LogP contribution is -2.30. The minimum atomic E-state index is -4.01. The predicted molar refractivity (Wildman–Crippen MR) is 148 cm³/mol. The van der Waals surface area contributed by atoms with Crippen LogP contribution in [-0.2, 0) is 21.4 Å². The van der Waals surface area contributed by atoms with Crippen molar-refractivity contribution in [2.24, 2.45) is 5.92 Å². The Morgan fingerprint density at radius 2 is 1.79 bits per heavy atom. The molecular weight excluding hydrogens is 516 g/mol. The van der Waals surface area contributed by atoms with E-state index in [2.05, 4.69) is 15.0 Å². The summed E-state index contributed by atoms with van der Waals surface area (Å²) in [4.78, 5) is 29.7. The zero-order valence-electron chi connectivity index (χ0n) is 21.6. The highest BCUT2D eigenvalue weighted by Gasteiger charge is 2.21. The second-order valence-corrected chi connectivity index (χ2v) is 11.4. The molecule has 1 fully saturated rings. The monoisotopic (exact) mass is 546 g/mol. The van der Waals surface area contributed by atoms with Crippen molar-refractivity contribution in [3.8, 4) is 5.75 Å². The Kier molecular flexibility index (Phi) is 7.65. The third-order valence-corrected chi connectivity index (χ3v) is 8.37. The van der Waals surface area contributed by atoms with E-state index in [0.29, 0.717) is 30.3 Å². The number of imidazole rings is 1. The average Bonchev–Trinajstić information content (AvgIpc) is 3.59. The van der Waals surface area contributed by atoms with Gasteiger partial charge in [-0.1, -0.05) is 37.1 Å². The number of fused-ring (bicyclic) bond motifs is 1. The van der Waals surface area contributed by atoms with Gasteiger partial charge in [-0.2, -0.15) is 0 Å². The zero-order chi connectivity index (χ0) is 27.4. The molecule has 39 heavy (non-hydrogen) atoms. The van der Waals surface area contributed by atoms with Crippen LogP contribution in [-0.4, -0.2) is 36.9 Å². The van der Waals surface area contributed by atoms with Gasteiger partial charge in [-0.3, -0.25) is 9.59 Å². The summed E-state index contributed by atoms with van der Waals surface area (Å²) in [6, 6.07) is 18.1. The first kappa shape index (κ1) is 26.4. The van der Waals surface area contributed by atoms with E-state index in [4.69, 9.17) is 4.74 Å². The first-order chi connectivity index (χ1) is 18.8. The van der Waals surface area contributed by atoms with Gasteiger partial charge in [0.25, 0.3) is 15.9 Å². The van der Waals surface area contributed by atoms with Crippen LogP contribution in [0.15, 0.2) is 78.0 Å². The summed E-state index contributed by atoms with van der Waals surface area (Å²) in [6.07, 6.45) is 6.88. The Bertz CT molecular complexity index is 1610. The van der Waals surface area contributed by atoms with Crippen LogP contribution in [0.2, 0.25) is 0 Å². The van der Waals surface area contributed by atoms with Crippen LogP contribution in [0, 0.1) is 5.92 Å². The third-order valence-electron chi connectivity index (χ3n) is 7.02. The molecule has 0 unspecified atom stereocenters. The molecule has 3 aromatic carbocycles. The highest BCUT2D eigenvalue weighted by molar-refractivity contribution is 7.90. The van der Waals surface area contributed by atoms with Crippen molar-refractivity contribution in [1.29, 1.82) is 0 Å². The molecule has 0 spiro atoms. The molecule has 202 valence electrons. The number of sulfonamides is 1. The van der Waals surface area contributed by atoms with Crippen LogP contribution in [0.4, 0.5) is 5.69 Å². The molecule has 1 aliphatic rings. The maximum atomic E-state index is 12.7. The Hall–Kier alpha value is -4.18. The Morgan fingerprint density at radius 3 is 2.54 bits per heavy atom. The van der Waals surface area contributed by atoms with Gasteiger partial charge in [-0.05, 0) is 61.2 Å². The summed E-state index contributed by atoms with van der Waals surface area (Å²) in [5.41, 5.74) is 3.26. The van der Waals surface area contributed by atoms with Gasteiger partial charge in [0.15, 0.2) is 0 Å². The van der Waals surface area contributed by atoms with Crippen molar-refractivity contribution in [2.75, 3.05) is 12.4 Å². The lowest BCUT2D eigenvalue weighted by Gasteiger charge is -2.13. The van der Waals surface area contributed by atoms with Crippen LogP contribution in [0.1, 0.15) is 48.0 Å². The molecule has 4 aromatic rings. The molecule has 0 aliphatic heterocycles. The number of anilines is 1. The topological polar surface area (TPSA) is 119 Å². The van der Waals surface area contributed by atoms with Crippen LogP contribution in [0.25, 0.3) is 11.0 Å². The Morgan fingerprint density at radius 1 is 1.03 bits per heavy atom. The molecule has 0 atom stereocenters. The van der Waals surface area contributed by atoms with E-state index in [1.165, 1.54) is 38.2 Å². The number of hydrogen-bond donors (Lipinski definition) is 2. The van der Waals surface area contributed by atoms with E-state index >= 15 is 0 Å². The van der Waals surface area contributed by atoms with Gasteiger partial charge >= 0.3 is 0 Å². The lowest BCUT2D eigenvalue weighted by molar-refractivity contribution is -0.117. The molecule has 1 saturated carbocycles. The first-order valence-corrected chi connectivity index (χ1v) is 14.3. The molecule has 0 radical (unpaired) electrons. The molecule has 0 bridgehead atoms. The number of amides is 2. The van der Waals surface area contributed by atoms with E-state index < -0.39 is 15.9 Å². The van der Waals surface area contributed by atoms with Crippen LogP contribution in [0.3, 0.4) is 0 Å². The summed E-state index contributed by atoms with van der Waals surface area (Å²) in [5, 5.41) is 3.02. The molecule has 1 heterocycles. The molecule has 2 amide bonds. The SMILES string of the molecule is COc1cc(C(=O)NS(=O)(=O)c2ccccc2)ccc1Cn1cnc2ccc(NC(=O)CC3CCCC3)cc21. The summed E-state index contributed by atoms with van der Waals surface area (Å²) in [5.74, 6) is 0.171. The number of hydrogen-bond acceptors (Lipinski definition) is 6. The molecule has 10 heteroatoms.